The molecule has 1 atom stereocenters. The summed E-state index contributed by atoms with van der Waals surface area (Å²) < 4.78 is 0. The van der Waals surface area contributed by atoms with Gasteiger partial charge < -0.3 is 15.6 Å². The standard InChI is InChI=1S/C3H7NO2.C2H3BrO/c1-2(4)3(5)6;3-1-2-4/h2H,4H2,1H3,(H,5,6);2H,1H2. The lowest BCUT2D eigenvalue weighted by Crippen LogP contribution is -2.25. The fourth-order valence-electron chi connectivity index (χ4n) is 0. The number of carbonyl (C=O) groups excluding carboxylic acids is 1. The maximum Gasteiger partial charge on any atom is 0.320 e. The van der Waals surface area contributed by atoms with Gasteiger partial charge in [0.15, 0.2) is 0 Å². The summed E-state index contributed by atoms with van der Waals surface area (Å²) in [6, 6.07) is -0.731. The van der Waals surface area contributed by atoms with Crippen LogP contribution in [0.2, 0.25) is 0 Å². The van der Waals surface area contributed by atoms with Gasteiger partial charge in [-0.15, -0.1) is 0 Å². The van der Waals surface area contributed by atoms with Crippen molar-refractivity contribution in [2.24, 2.45) is 5.73 Å². The molecule has 60 valence electrons. The predicted octanol–water partition coefficient (Wildman–Crippen LogP) is -0.00160. The Bertz CT molecular complexity index is 105. The number of rotatable bonds is 2. The van der Waals surface area contributed by atoms with E-state index < -0.39 is 12.0 Å². The number of aliphatic carboxylic acids is 1. The number of halogens is 1. The van der Waals surface area contributed by atoms with Crippen molar-refractivity contribution in [1.82, 2.24) is 0 Å². The quantitative estimate of drug-likeness (QED) is 0.498. The molecule has 10 heavy (non-hydrogen) atoms. The second-order valence-corrected chi connectivity index (χ2v) is 2.10. The molecule has 4 nitrogen and oxygen atoms in total. The summed E-state index contributed by atoms with van der Waals surface area (Å²) >= 11 is 2.88. The molecule has 0 aromatic heterocycles. The zero-order valence-corrected chi connectivity index (χ0v) is 7.17. The van der Waals surface area contributed by atoms with Crippen molar-refractivity contribution in [3.8, 4) is 0 Å². The van der Waals surface area contributed by atoms with Crippen LogP contribution in [0.5, 0.6) is 0 Å². The maximum atomic E-state index is 9.57. The fraction of sp³-hybridized carbons (Fsp3) is 0.600. The van der Waals surface area contributed by atoms with Crippen molar-refractivity contribution < 1.29 is 14.7 Å². The summed E-state index contributed by atoms with van der Waals surface area (Å²) in [6.45, 7) is 1.42. The lowest BCUT2D eigenvalue weighted by molar-refractivity contribution is -0.138. The van der Waals surface area contributed by atoms with Crippen molar-refractivity contribution in [2.45, 2.75) is 13.0 Å². The molecule has 1 unspecified atom stereocenters. The molecule has 0 aliphatic carbocycles. The molecule has 0 heterocycles. The van der Waals surface area contributed by atoms with E-state index in [1.165, 1.54) is 6.92 Å². The molecular weight excluding hydrogens is 202 g/mol. The van der Waals surface area contributed by atoms with Crippen LogP contribution in [-0.4, -0.2) is 28.7 Å². The van der Waals surface area contributed by atoms with Gasteiger partial charge in [-0.2, -0.15) is 0 Å². The van der Waals surface area contributed by atoms with Crippen LogP contribution in [0.1, 0.15) is 6.92 Å². The van der Waals surface area contributed by atoms with Gasteiger partial charge in [-0.1, -0.05) is 15.9 Å². The van der Waals surface area contributed by atoms with Gasteiger partial charge in [-0.25, -0.2) is 0 Å². The van der Waals surface area contributed by atoms with Crippen LogP contribution in [-0.2, 0) is 9.59 Å². The average Bonchev–Trinajstić information content (AvgIpc) is 1.89. The molecule has 0 amide bonds. The van der Waals surface area contributed by atoms with Gasteiger partial charge in [0.1, 0.15) is 12.3 Å². The topological polar surface area (TPSA) is 80.4 Å². The molecule has 0 rings (SSSR count). The van der Waals surface area contributed by atoms with E-state index in [4.69, 9.17) is 15.6 Å². The SMILES string of the molecule is CC(N)C(=O)O.O=CCBr. The molecular formula is C5H10BrNO3. The average molecular weight is 212 g/mol. The fourth-order valence-corrected chi connectivity index (χ4v) is 0. The zero-order valence-electron chi connectivity index (χ0n) is 5.58. The first-order valence-electron chi connectivity index (χ1n) is 2.54. The first-order valence-corrected chi connectivity index (χ1v) is 3.66. The van der Waals surface area contributed by atoms with Gasteiger partial charge in [0.05, 0.1) is 5.33 Å². The Balaban J connectivity index is 0. The van der Waals surface area contributed by atoms with E-state index in [1.807, 2.05) is 0 Å². The van der Waals surface area contributed by atoms with Gasteiger partial charge in [-0.05, 0) is 6.92 Å². The third-order valence-electron chi connectivity index (χ3n) is 0.453. The minimum absolute atomic E-state index is 0.451. The summed E-state index contributed by atoms with van der Waals surface area (Å²) in [4.78, 5) is 18.7. The number of aldehydes is 1. The highest BCUT2D eigenvalue weighted by Crippen LogP contribution is 1.68. The minimum atomic E-state index is -0.963. The molecule has 0 aromatic carbocycles. The van der Waals surface area contributed by atoms with Crippen LogP contribution in [0, 0.1) is 0 Å². The molecule has 0 spiro atoms. The number of carbonyl (C=O) groups is 2. The van der Waals surface area contributed by atoms with Crippen molar-refractivity contribution in [3.05, 3.63) is 0 Å². The number of alkyl halides is 1. The van der Waals surface area contributed by atoms with Crippen LogP contribution in [0.25, 0.3) is 0 Å². The second kappa shape index (κ2) is 8.58. The van der Waals surface area contributed by atoms with E-state index in [0.29, 0.717) is 5.33 Å². The summed E-state index contributed by atoms with van der Waals surface area (Å²) in [5.41, 5.74) is 4.84. The number of hydrogen-bond acceptors (Lipinski definition) is 3. The van der Waals surface area contributed by atoms with E-state index in [9.17, 15) is 4.79 Å². The Labute approximate surface area is 67.5 Å². The zero-order chi connectivity index (χ0) is 8.57. The van der Waals surface area contributed by atoms with Crippen LogP contribution in [0.3, 0.4) is 0 Å². The van der Waals surface area contributed by atoms with Gasteiger partial charge in [0.25, 0.3) is 0 Å². The summed E-state index contributed by atoms with van der Waals surface area (Å²) in [7, 11) is 0. The van der Waals surface area contributed by atoms with E-state index in [0.717, 1.165) is 6.29 Å². The van der Waals surface area contributed by atoms with E-state index in [-0.39, 0.29) is 0 Å². The number of carboxylic acids is 1. The second-order valence-electron chi connectivity index (χ2n) is 1.45. The van der Waals surface area contributed by atoms with Crippen molar-refractivity contribution >= 4 is 28.2 Å². The van der Waals surface area contributed by atoms with Crippen LogP contribution >= 0.6 is 15.9 Å². The van der Waals surface area contributed by atoms with E-state index in [1.54, 1.807) is 0 Å². The molecule has 3 N–H and O–H groups in total. The van der Waals surface area contributed by atoms with Crippen LogP contribution < -0.4 is 5.73 Å². The maximum absolute atomic E-state index is 9.57. The third-order valence-corrected chi connectivity index (χ3v) is 0.717. The Kier molecular flexibility index (Phi) is 10.5. The Morgan fingerprint density at radius 2 is 2.10 bits per heavy atom. The molecule has 0 fully saturated rings. The van der Waals surface area contributed by atoms with E-state index >= 15 is 0 Å². The first kappa shape index (κ1) is 12.3. The number of hydrogen-bond donors (Lipinski definition) is 2. The van der Waals surface area contributed by atoms with Gasteiger partial charge in [0, 0.05) is 0 Å². The molecule has 0 aliphatic heterocycles. The number of nitrogens with two attached hydrogens (primary N) is 1. The smallest absolute Gasteiger partial charge is 0.320 e. The highest BCUT2D eigenvalue weighted by atomic mass is 79.9. The monoisotopic (exact) mass is 211 g/mol. The Morgan fingerprint density at radius 1 is 1.90 bits per heavy atom. The van der Waals surface area contributed by atoms with Crippen molar-refractivity contribution in [1.29, 1.82) is 0 Å². The predicted molar refractivity (Wildman–Crippen MR) is 41.1 cm³/mol. The molecule has 0 aromatic rings. The van der Waals surface area contributed by atoms with Crippen LogP contribution in [0.4, 0.5) is 0 Å². The van der Waals surface area contributed by atoms with Gasteiger partial charge in [0.2, 0.25) is 0 Å². The lowest BCUT2D eigenvalue weighted by atomic mass is 10.4. The normalized spacial score (nSPS) is 10.7. The first-order chi connectivity index (χ1) is 4.56. The molecule has 0 aliphatic rings. The largest absolute Gasteiger partial charge is 0.480 e. The van der Waals surface area contributed by atoms with E-state index in [2.05, 4.69) is 15.9 Å². The molecule has 0 radical (unpaired) electrons. The molecule has 5 heteroatoms. The summed E-state index contributed by atoms with van der Waals surface area (Å²) in [6.07, 6.45) is 0.792. The molecule has 0 bridgehead atoms. The number of carboxylic acid groups (broad SMARTS) is 1. The van der Waals surface area contributed by atoms with Gasteiger partial charge in [-0.3, -0.25) is 4.79 Å². The summed E-state index contributed by atoms with van der Waals surface area (Å²) in [5, 5.41) is 8.32. The lowest BCUT2D eigenvalue weighted by Gasteiger charge is -1.90. The highest BCUT2D eigenvalue weighted by molar-refractivity contribution is 9.09. The van der Waals surface area contributed by atoms with Crippen LogP contribution in [0.15, 0.2) is 0 Å². The molecule has 0 saturated carbocycles. The minimum Gasteiger partial charge on any atom is -0.480 e. The van der Waals surface area contributed by atoms with Gasteiger partial charge >= 0.3 is 5.97 Å². The molecule has 0 saturated heterocycles. The summed E-state index contributed by atoms with van der Waals surface area (Å²) in [5.74, 6) is -0.963. The Morgan fingerprint density at radius 3 is 2.10 bits per heavy atom. The van der Waals surface area contributed by atoms with Crippen molar-refractivity contribution in [3.63, 3.8) is 0 Å². The highest BCUT2D eigenvalue weighted by Gasteiger charge is 1.99. The Hall–Kier alpha value is -0.420. The van der Waals surface area contributed by atoms with Crippen molar-refractivity contribution in [2.75, 3.05) is 5.33 Å². The third kappa shape index (κ3) is 15.6.